The highest BCUT2D eigenvalue weighted by atomic mass is 16.6. The average molecular weight is 997 g/mol. The van der Waals surface area contributed by atoms with Crippen molar-refractivity contribution in [1.82, 2.24) is 10.2 Å². The molecule has 1 N–H and O–H groups in total. The number of likely N-dealkylation sites (tertiary alicyclic amines) is 1. The van der Waals surface area contributed by atoms with Crippen LogP contribution in [0.3, 0.4) is 0 Å². The third-order valence-electron chi connectivity index (χ3n) is 12.9. The van der Waals surface area contributed by atoms with Crippen LogP contribution in [0.15, 0.2) is 217 Å². The first-order valence-electron chi connectivity index (χ1n) is 24.7. The van der Waals surface area contributed by atoms with Gasteiger partial charge in [-0.05, 0) is 70.3 Å². The normalized spacial score (nSPS) is 13.9. The Hall–Kier alpha value is -9.42. The molecular weight excluding hydrogens is 945 g/mol. The fourth-order valence-corrected chi connectivity index (χ4v) is 9.03. The largest absolute Gasteiger partial charge is 0.489 e. The third kappa shape index (κ3) is 11.9. The van der Waals surface area contributed by atoms with E-state index in [2.05, 4.69) is 5.32 Å². The standard InChI is InChI=1S/C63H52N2O10/c66-58(50-28-16-17-29-51(50)62(68)73-41-46-24-12-4-13-25-46)56-54(71-39-44-20-8-2-9-21-44)34-35-55-57(56)60(72-40-45-22-10-3-11-23-45)59(75-55)52-36-65(63(69)74-42-47-26-14-5-15-27-47)37-53(52)64-61(67)48-30-32-49(33-31-48)70-38-43-18-6-1-7-19-43/h1-35,52-53H,36-42H2,(H,64,67). The Bertz CT molecular complexity index is 3390. The number of nitrogens with one attached hydrogen (secondary N) is 1. The Morgan fingerprint density at radius 2 is 0.987 bits per heavy atom. The molecule has 9 aromatic rings. The fraction of sp³-hybridized carbons (Fsp3) is 0.143. The molecular formula is C63H52N2O10. The van der Waals surface area contributed by atoms with Crippen molar-refractivity contribution in [2.75, 3.05) is 13.1 Å². The van der Waals surface area contributed by atoms with Gasteiger partial charge in [-0.2, -0.15) is 0 Å². The molecule has 2 amide bonds. The summed E-state index contributed by atoms with van der Waals surface area (Å²) in [6.45, 7) is 0.645. The Labute approximate surface area is 434 Å². The number of nitrogens with zero attached hydrogens (tertiary/aromatic N) is 1. The minimum Gasteiger partial charge on any atom is -0.489 e. The molecule has 10 rings (SSSR count). The van der Waals surface area contributed by atoms with E-state index in [0.717, 1.165) is 27.8 Å². The van der Waals surface area contributed by atoms with Crippen molar-refractivity contribution < 1.29 is 47.3 Å². The topological polar surface area (TPSA) is 143 Å². The first-order valence-corrected chi connectivity index (χ1v) is 24.7. The van der Waals surface area contributed by atoms with E-state index >= 15 is 4.79 Å². The van der Waals surface area contributed by atoms with Gasteiger partial charge in [0.1, 0.15) is 50.1 Å². The molecule has 374 valence electrons. The smallest absolute Gasteiger partial charge is 0.410 e. The van der Waals surface area contributed by atoms with Gasteiger partial charge >= 0.3 is 12.1 Å². The summed E-state index contributed by atoms with van der Waals surface area (Å²) < 4.78 is 37.9. The number of carbonyl (C=O) groups excluding carboxylic acids is 4. The highest BCUT2D eigenvalue weighted by molar-refractivity contribution is 6.22. The number of ether oxygens (including phenoxy) is 5. The van der Waals surface area contributed by atoms with E-state index in [-0.39, 0.29) is 84.4 Å². The lowest BCUT2D eigenvalue weighted by Gasteiger charge is -2.20. The summed E-state index contributed by atoms with van der Waals surface area (Å²) in [5.41, 5.74) is 5.13. The Kier molecular flexibility index (Phi) is 15.4. The first kappa shape index (κ1) is 49.2. The molecule has 1 aromatic heterocycles. The highest BCUT2D eigenvalue weighted by Crippen LogP contribution is 2.46. The number of furan rings is 1. The number of ketones is 1. The lowest BCUT2D eigenvalue weighted by molar-refractivity contribution is 0.0470. The van der Waals surface area contributed by atoms with Gasteiger partial charge in [-0.3, -0.25) is 9.59 Å². The number of hydrogen-bond donors (Lipinski definition) is 1. The SMILES string of the molecule is O=C(NC1CN(C(=O)OCc2ccccc2)CC1c1oc2ccc(OCc3ccccc3)c(C(=O)c3ccccc3C(=O)OCc3ccccc3)c2c1OCc1ccccc1)c1ccc(OCc2ccccc2)cc1. The predicted octanol–water partition coefficient (Wildman–Crippen LogP) is 12.3. The van der Waals surface area contributed by atoms with Crippen LogP contribution in [0.5, 0.6) is 17.2 Å². The van der Waals surface area contributed by atoms with E-state index in [9.17, 15) is 14.4 Å². The van der Waals surface area contributed by atoms with Crippen LogP contribution in [0.1, 0.15) is 76.1 Å². The van der Waals surface area contributed by atoms with Crippen LogP contribution in [0.25, 0.3) is 11.0 Å². The molecule has 12 nitrogen and oxygen atoms in total. The van der Waals surface area contributed by atoms with E-state index in [1.54, 1.807) is 60.7 Å². The Morgan fingerprint density at radius 1 is 0.493 bits per heavy atom. The van der Waals surface area contributed by atoms with Crippen LogP contribution >= 0.6 is 0 Å². The summed E-state index contributed by atoms with van der Waals surface area (Å²) in [6.07, 6.45) is -0.591. The van der Waals surface area contributed by atoms with Gasteiger partial charge in [0.15, 0.2) is 17.3 Å². The van der Waals surface area contributed by atoms with Crippen LogP contribution in [-0.4, -0.2) is 47.8 Å². The van der Waals surface area contributed by atoms with Gasteiger partial charge in [0.2, 0.25) is 0 Å². The molecule has 2 unspecified atom stereocenters. The Morgan fingerprint density at radius 3 is 1.56 bits per heavy atom. The molecule has 75 heavy (non-hydrogen) atoms. The summed E-state index contributed by atoms with van der Waals surface area (Å²) >= 11 is 0. The predicted molar refractivity (Wildman–Crippen MR) is 283 cm³/mol. The van der Waals surface area contributed by atoms with Crippen LogP contribution in [0.4, 0.5) is 4.79 Å². The minimum atomic E-state index is -0.747. The van der Waals surface area contributed by atoms with Crippen molar-refractivity contribution in [3.63, 3.8) is 0 Å². The second-order valence-corrected chi connectivity index (χ2v) is 18.0. The first-order chi connectivity index (χ1) is 36.8. The van der Waals surface area contributed by atoms with Crippen LogP contribution in [0.2, 0.25) is 0 Å². The number of amides is 2. The summed E-state index contributed by atoms with van der Waals surface area (Å²) in [5.74, 6) is -1.09. The lowest BCUT2D eigenvalue weighted by Crippen LogP contribution is -2.40. The molecule has 1 saturated heterocycles. The van der Waals surface area contributed by atoms with E-state index < -0.39 is 35.7 Å². The molecule has 1 aliphatic rings. The average Bonchev–Trinajstić information content (AvgIpc) is 4.06. The van der Waals surface area contributed by atoms with E-state index in [1.807, 2.05) is 152 Å². The van der Waals surface area contributed by atoms with E-state index in [1.165, 1.54) is 4.90 Å². The summed E-state index contributed by atoms with van der Waals surface area (Å²) in [6, 6.07) is 63.5. The molecule has 2 heterocycles. The van der Waals surface area contributed by atoms with Crippen molar-refractivity contribution in [3.8, 4) is 17.2 Å². The van der Waals surface area contributed by atoms with Gasteiger partial charge in [-0.15, -0.1) is 0 Å². The minimum absolute atomic E-state index is 0.00380. The maximum Gasteiger partial charge on any atom is 0.410 e. The van der Waals surface area contributed by atoms with E-state index in [4.69, 9.17) is 28.1 Å². The summed E-state index contributed by atoms with van der Waals surface area (Å²) in [5, 5.41) is 3.48. The van der Waals surface area contributed by atoms with Gasteiger partial charge < -0.3 is 38.3 Å². The third-order valence-corrected chi connectivity index (χ3v) is 12.9. The molecule has 2 atom stereocenters. The van der Waals surface area contributed by atoms with E-state index in [0.29, 0.717) is 17.9 Å². The molecule has 0 radical (unpaired) electrons. The van der Waals surface area contributed by atoms with Crippen LogP contribution in [-0.2, 0) is 42.5 Å². The van der Waals surface area contributed by atoms with Crippen molar-refractivity contribution in [2.45, 2.75) is 45.0 Å². The van der Waals surface area contributed by atoms with Gasteiger partial charge in [0.05, 0.1) is 28.5 Å². The van der Waals surface area contributed by atoms with Crippen LogP contribution < -0.4 is 19.5 Å². The maximum atomic E-state index is 15.6. The quantitative estimate of drug-likeness (QED) is 0.0614. The van der Waals surface area contributed by atoms with Gasteiger partial charge in [-0.1, -0.05) is 170 Å². The van der Waals surface area contributed by atoms with Crippen molar-refractivity contribution in [2.24, 2.45) is 0 Å². The zero-order valence-electron chi connectivity index (χ0n) is 40.8. The van der Waals surface area contributed by atoms with Crippen molar-refractivity contribution >= 4 is 34.7 Å². The second kappa shape index (κ2) is 23.4. The molecule has 0 spiro atoms. The number of rotatable bonds is 19. The number of hydrogen-bond acceptors (Lipinski definition) is 10. The second-order valence-electron chi connectivity index (χ2n) is 18.0. The molecule has 0 bridgehead atoms. The number of esters is 1. The van der Waals surface area contributed by atoms with Gasteiger partial charge in [0, 0.05) is 24.2 Å². The molecule has 0 aliphatic carbocycles. The van der Waals surface area contributed by atoms with Gasteiger partial charge in [0.25, 0.3) is 5.91 Å². The number of carbonyl (C=O) groups is 4. The zero-order valence-corrected chi connectivity index (χ0v) is 40.8. The van der Waals surface area contributed by atoms with Crippen LogP contribution in [0, 0.1) is 0 Å². The highest BCUT2D eigenvalue weighted by Gasteiger charge is 2.43. The number of benzene rings is 8. The molecule has 0 saturated carbocycles. The molecule has 1 aliphatic heterocycles. The molecule has 12 heteroatoms. The van der Waals surface area contributed by atoms with Gasteiger partial charge in [-0.25, -0.2) is 9.59 Å². The summed E-state index contributed by atoms with van der Waals surface area (Å²) in [4.78, 5) is 59.4. The fourth-order valence-electron chi connectivity index (χ4n) is 9.03. The molecule has 8 aromatic carbocycles. The van der Waals surface area contributed by atoms with Crippen molar-refractivity contribution in [3.05, 3.63) is 268 Å². The lowest BCUT2D eigenvalue weighted by atomic mass is 9.93. The number of fused-ring (bicyclic) bond motifs is 1. The molecule has 1 fully saturated rings. The Balaban J connectivity index is 1.05. The zero-order chi connectivity index (χ0) is 51.3. The monoisotopic (exact) mass is 996 g/mol. The maximum absolute atomic E-state index is 15.6. The van der Waals surface area contributed by atoms with Crippen molar-refractivity contribution in [1.29, 1.82) is 0 Å². The summed E-state index contributed by atoms with van der Waals surface area (Å²) in [7, 11) is 0.